The van der Waals surface area contributed by atoms with Gasteiger partial charge in [-0.3, -0.25) is 19.4 Å². The second kappa shape index (κ2) is 18.4. The predicted molar refractivity (Wildman–Crippen MR) is 220 cm³/mol. The number of nitrogens with zero attached hydrogens (tertiary/aromatic N) is 5. The predicted octanol–water partition coefficient (Wildman–Crippen LogP) is 4.21. The van der Waals surface area contributed by atoms with Gasteiger partial charge in [-0.05, 0) is 124 Å². The molecule has 7 rings (SSSR count). The zero-order chi connectivity index (χ0) is 39.2. The van der Waals surface area contributed by atoms with Crippen molar-refractivity contribution >= 4 is 61.3 Å². The number of phenols is 1. The lowest BCUT2D eigenvalue weighted by Crippen LogP contribution is -2.59. The molecule has 0 bridgehead atoms. The maximum Gasteiger partial charge on any atom is 0.318 e. The number of amides is 5. The molecule has 0 radical (unpaired) electrons. The molecule has 56 heavy (non-hydrogen) atoms. The molecule has 15 heteroatoms. The van der Waals surface area contributed by atoms with Gasteiger partial charge in [0.1, 0.15) is 17.8 Å². The van der Waals surface area contributed by atoms with Gasteiger partial charge in [-0.15, -0.1) is 0 Å². The number of aromatic hydroxyl groups is 1. The van der Waals surface area contributed by atoms with Crippen molar-refractivity contribution in [2.75, 3.05) is 57.3 Å². The molecule has 0 unspecified atom stereocenters. The Morgan fingerprint density at radius 2 is 1.50 bits per heavy atom. The number of aromatic nitrogens is 1. The molecule has 5 amide bonds. The van der Waals surface area contributed by atoms with Gasteiger partial charge in [0.25, 0.3) is 0 Å². The Hall–Kier alpha value is -4.21. The summed E-state index contributed by atoms with van der Waals surface area (Å²) in [7, 11) is 0. The highest BCUT2D eigenvalue weighted by molar-refractivity contribution is 9.11. The maximum atomic E-state index is 14.4. The van der Waals surface area contributed by atoms with E-state index in [1.807, 2.05) is 40.1 Å². The first-order valence-corrected chi connectivity index (χ1v) is 21.2. The number of halogens is 2. The van der Waals surface area contributed by atoms with Crippen molar-refractivity contribution in [3.05, 3.63) is 86.6 Å². The van der Waals surface area contributed by atoms with Crippen LogP contribution in [0, 0.1) is 5.92 Å². The zero-order valence-corrected chi connectivity index (χ0v) is 34.6. The smallest absolute Gasteiger partial charge is 0.318 e. The Balaban J connectivity index is 1.04. The van der Waals surface area contributed by atoms with Gasteiger partial charge in [0.05, 0.1) is 15.4 Å². The molecule has 298 valence electrons. The number of hydrogen-bond donors (Lipinski definition) is 4. The number of carbonyl (C=O) groups excluding carboxylic acids is 4. The summed E-state index contributed by atoms with van der Waals surface area (Å²) < 4.78 is 0.906. The van der Waals surface area contributed by atoms with Crippen molar-refractivity contribution in [3.8, 4) is 5.75 Å². The Kier molecular flexibility index (Phi) is 13.1. The van der Waals surface area contributed by atoms with E-state index in [-0.39, 0.29) is 42.0 Å². The standard InChI is InChI=1S/C41H50Br2N8O5/c42-33-21-28(22-34(43)38(33)53)24-35(47-41(56)50-15-9-32(10-16-50)51-26-30-4-2-1-3-29(30)25-37(51)52)39(54)46-36(23-27-5-11-44-12-6-27)40(55)49-19-17-48(18-20-49)31-7-13-45-14-8-31/h1-4,7-8,13-14,21-22,27,32,35-36,44,53H,5-6,9-12,15-20,23-26H2,(H,46,54)(H,47,56)/t35-,36+/m1/s1. The van der Waals surface area contributed by atoms with Crippen LogP contribution in [-0.4, -0.2) is 119 Å². The third kappa shape index (κ3) is 9.66. The molecule has 13 nitrogen and oxygen atoms in total. The normalized spacial score (nSPS) is 19.3. The molecule has 0 aliphatic carbocycles. The Morgan fingerprint density at radius 1 is 0.839 bits per heavy atom. The topological polar surface area (TPSA) is 150 Å². The molecule has 5 heterocycles. The lowest BCUT2D eigenvalue weighted by Gasteiger charge is -2.41. The summed E-state index contributed by atoms with van der Waals surface area (Å²) in [5.41, 5.74) is 4.01. The van der Waals surface area contributed by atoms with E-state index in [2.05, 4.69) is 63.8 Å². The molecule has 4 aliphatic rings. The number of rotatable bonds is 10. The van der Waals surface area contributed by atoms with Gasteiger partial charge in [-0.1, -0.05) is 24.3 Å². The molecule has 2 aromatic carbocycles. The number of pyridine rings is 1. The lowest BCUT2D eigenvalue weighted by molar-refractivity contribution is -0.137. The number of benzene rings is 2. The van der Waals surface area contributed by atoms with Crippen molar-refractivity contribution in [2.45, 2.75) is 69.6 Å². The highest BCUT2D eigenvalue weighted by atomic mass is 79.9. The summed E-state index contributed by atoms with van der Waals surface area (Å²) in [5, 5.41) is 19.9. The van der Waals surface area contributed by atoms with Gasteiger partial charge in [0.2, 0.25) is 17.7 Å². The molecule has 0 spiro atoms. The molecule has 2 atom stereocenters. The fraction of sp³-hybridized carbons (Fsp3) is 0.488. The van der Waals surface area contributed by atoms with Crippen LogP contribution in [0.15, 0.2) is 69.9 Å². The molecule has 3 aromatic rings. The Bertz CT molecular complexity index is 1860. The van der Waals surface area contributed by atoms with Crippen molar-refractivity contribution in [1.82, 2.24) is 35.6 Å². The first-order chi connectivity index (χ1) is 27.1. The summed E-state index contributed by atoms with van der Waals surface area (Å²) in [5.74, 6) is -0.132. The monoisotopic (exact) mass is 892 g/mol. The molecular weight excluding hydrogens is 844 g/mol. The molecule has 4 aliphatic heterocycles. The van der Waals surface area contributed by atoms with Crippen LogP contribution in [0.25, 0.3) is 0 Å². The fourth-order valence-corrected chi connectivity index (χ4v) is 9.74. The van der Waals surface area contributed by atoms with Crippen LogP contribution in [0.2, 0.25) is 0 Å². The summed E-state index contributed by atoms with van der Waals surface area (Å²) in [6.45, 7) is 5.58. The third-order valence-corrected chi connectivity index (χ3v) is 12.9. The number of urea groups is 1. The van der Waals surface area contributed by atoms with E-state index in [0.29, 0.717) is 86.0 Å². The van der Waals surface area contributed by atoms with E-state index in [1.165, 1.54) is 0 Å². The molecule has 4 N–H and O–H groups in total. The molecule has 0 saturated carbocycles. The summed E-state index contributed by atoms with van der Waals surface area (Å²) in [6.07, 6.45) is 7.66. The second-order valence-corrected chi connectivity index (χ2v) is 17.0. The van der Waals surface area contributed by atoms with E-state index in [1.54, 1.807) is 29.4 Å². The SMILES string of the molecule is O=C(N[C@@H](CC1CCNCC1)C(=O)N1CCN(c2ccncc2)CC1)[C@@H](Cc1cc(Br)c(O)c(Br)c1)NC(=O)N1CCC(N2Cc3ccccc3CC2=O)CC1. The van der Waals surface area contributed by atoms with Gasteiger partial charge in [-0.2, -0.15) is 0 Å². The number of likely N-dealkylation sites (tertiary alicyclic amines) is 1. The van der Waals surface area contributed by atoms with E-state index < -0.39 is 18.0 Å². The quantitative estimate of drug-likeness (QED) is 0.237. The molecular formula is C41H50Br2N8O5. The second-order valence-electron chi connectivity index (χ2n) is 15.3. The van der Waals surface area contributed by atoms with Gasteiger partial charge in [-0.25, -0.2) is 4.79 Å². The minimum atomic E-state index is -1.00. The number of nitrogens with one attached hydrogen (secondary N) is 3. The van der Waals surface area contributed by atoms with Crippen LogP contribution < -0.4 is 20.9 Å². The first kappa shape index (κ1) is 40.0. The average Bonchev–Trinajstić information content (AvgIpc) is 3.22. The zero-order valence-electron chi connectivity index (χ0n) is 31.5. The molecule has 3 fully saturated rings. The third-order valence-electron chi connectivity index (χ3n) is 11.7. The average molecular weight is 895 g/mol. The Labute approximate surface area is 344 Å². The van der Waals surface area contributed by atoms with Crippen molar-refractivity contribution in [1.29, 1.82) is 0 Å². The molecule has 1 aromatic heterocycles. The van der Waals surface area contributed by atoms with Crippen molar-refractivity contribution < 1.29 is 24.3 Å². The summed E-state index contributed by atoms with van der Waals surface area (Å²) >= 11 is 6.80. The van der Waals surface area contributed by atoms with E-state index in [4.69, 9.17) is 0 Å². The minimum Gasteiger partial charge on any atom is -0.506 e. The van der Waals surface area contributed by atoms with E-state index >= 15 is 0 Å². The number of fused-ring (bicyclic) bond motifs is 1. The van der Waals surface area contributed by atoms with Crippen LogP contribution >= 0.6 is 31.9 Å². The largest absolute Gasteiger partial charge is 0.506 e. The minimum absolute atomic E-state index is 0.0269. The number of hydrogen-bond acceptors (Lipinski definition) is 8. The lowest BCUT2D eigenvalue weighted by atomic mass is 9.90. The van der Waals surface area contributed by atoms with Crippen molar-refractivity contribution in [2.24, 2.45) is 5.92 Å². The van der Waals surface area contributed by atoms with Crippen LogP contribution in [0.3, 0.4) is 0 Å². The number of carbonyl (C=O) groups is 4. The highest BCUT2D eigenvalue weighted by Crippen LogP contribution is 2.34. The summed E-state index contributed by atoms with van der Waals surface area (Å²) in [4.78, 5) is 67.6. The fourth-order valence-electron chi connectivity index (χ4n) is 8.46. The van der Waals surface area contributed by atoms with E-state index in [9.17, 15) is 24.3 Å². The number of piperazine rings is 1. The number of phenolic OH excluding ortho intramolecular Hbond substituents is 1. The Morgan fingerprint density at radius 3 is 2.18 bits per heavy atom. The van der Waals surface area contributed by atoms with Crippen LogP contribution in [-0.2, 0) is 33.8 Å². The highest BCUT2D eigenvalue weighted by Gasteiger charge is 2.36. The number of anilines is 1. The summed E-state index contributed by atoms with van der Waals surface area (Å²) in [6, 6.07) is 13.3. The van der Waals surface area contributed by atoms with Crippen molar-refractivity contribution in [3.63, 3.8) is 0 Å². The first-order valence-electron chi connectivity index (χ1n) is 19.7. The maximum absolute atomic E-state index is 14.4. The van der Waals surface area contributed by atoms with Gasteiger partial charge in [0.15, 0.2) is 0 Å². The van der Waals surface area contributed by atoms with Gasteiger partial charge >= 0.3 is 6.03 Å². The van der Waals surface area contributed by atoms with Gasteiger partial charge < -0.3 is 40.7 Å². The van der Waals surface area contributed by atoms with Crippen LogP contribution in [0.1, 0.15) is 48.8 Å². The number of piperidine rings is 2. The van der Waals surface area contributed by atoms with Gasteiger partial charge in [0, 0.05) is 76.4 Å². The molecule has 3 saturated heterocycles. The van der Waals surface area contributed by atoms with Crippen LogP contribution in [0.4, 0.5) is 10.5 Å². The van der Waals surface area contributed by atoms with E-state index in [0.717, 1.165) is 42.7 Å². The van der Waals surface area contributed by atoms with Crippen LogP contribution in [0.5, 0.6) is 5.75 Å².